The molecule has 1 aliphatic rings. The Kier molecular flexibility index (Phi) is 5.16. The molecule has 0 radical (unpaired) electrons. The van der Waals surface area contributed by atoms with E-state index in [4.69, 9.17) is 0 Å². The van der Waals surface area contributed by atoms with E-state index in [0.29, 0.717) is 5.92 Å². The van der Waals surface area contributed by atoms with Crippen LogP contribution in [-0.2, 0) is 4.74 Å². The van der Waals surface area contributed by atoms with Gasteiger partial charge in [0.25, 0.3) is 0 Å². The fourth-order valence-electron chi connectivity index (χ4n) is 4.38. The van der Waals surface area contributed by atoms with Crippen molar-refractivity contribution in [2.75, 3.05) is 7.11 Å². The van der Waals surface area contributed by atoms with E-state index in [2.05, 4.69) is 26.8 Å². The van der Waals surface area contributed by atoms with Gasteiger partial charge in [0.1, 0.15) is 11.5 Å². The lowest BCUT2D eigenvalue weighted by Gasteiger charge is -2.21. The zero-order chi connectivity index (χ0) is 19.7. The van der Waals surface area contributed by atoms with Gasteiger partial charge in [0.15, 0.2) is 0 Å². The maximum Gasteiger partial charge on any atom is 0.340 e. The predicted molar refractivity (Wildman–Crippen MR) is 107 cm³/mol. The Balaban J connectivity index is 1.74. The maximum absolute atomic E-state index is 14.6. The Bertz CT molecular complexity index is 1010. The van der Waals surface area contributed by atoms with Crippen molar-refractivity contribution in [3.63, 3.8) is 0 Å². The highest BCUT2D eigenvalue weighted by Gasteiger charge is 2.25. The van der Waals surface area contributed by atoms with Crippen molar-refractivity contribution in [1.29, 1.82) is 0 Å². The minimum absolute atomic E-state index is 0.0280. The Morgan fingerprint density at radius 3 is 2.79 bits per heavy atom. The zero-order valence-electron chi connectivity index (χ0n) is 16.3. The molecule has 0 saturated heterocycles. The van der Waals surface area contributed by atoms with Gasteiger partial charge in [-0.05, 0) is 54.7 Å². The molecule has 1 fully saturated rings. The average Bonchev–Trinajstić information content (AvgIpc) is 3.34. The summed E-state index contributed by atoms with van der Waals surface area (Å²) in [6.45, 7) is 2.02. The zero-order valence-corrected chi connectivity index (χ0v) is 16.3. The number of hydrogen-bond donors (Lipinski definition) is 1. The lowest BCUT2D eigenvalue weighted by molar-refractivity contribution is 0.0595. The lowest BCUT2D eigenvalue weighted by Crippen LogP contribution is -2.10. The van der Waals surface area contributed by atoms with Crippen LogP contribution in [0.5, 0.6) is 0 Å². The molecule has 2 heterocycles. The molecule has 0 amide bonds. The summed E-state index contributed by atoms with van der Waals surface area (Å²) in [6.07, 6.45) is 7.77. The molecule has 5 heteroatoms. The number of esters is 1. The summed E-state index contributed by atoms with van der Waals surface area (Å²) in [7, 11) is 1.26. The Labute approximate surface area is 164 Å². The van der Waals surface area contributed by atoms with Crippen LogP contribution in [0.2, 0.25) is 0 Å². The molecule has 3 aromatic rings. The van der Waals surface area contributed by atoms with Crippen molar-refractivity contribution in [2.24, 2.45) is 5.92 Å². The molecule has 4 rings (SSSR count). The molecule has 1 N–H and O–H groups in total. The first-order valence-electron chi connectivity index (χ1n) is 9.88. The summed E-state index contributed by atoms with van der Waals surface area (Å²) in [4.78, 5) is 19.7. The Morgan fingerprint density at radius 1 is 1.29 bits per heavy atom. The number of hydrogen-bond acceptors (Lipinski definition) is 3. The summed E-state index contributed by atoms with van der Waals surface area (Å²) in [5.74, 6) is -0.513. The first-order chi connectivity index (χ1) is 13.5. The quantitative estimate of drug-likeness (QED) is 0.594. The summed E-state index contributed by atoms with van der Waals surface area (Å²) in [6, 6.07) is 9.09. The second-order valence-corrected chi connectivity index (χ2v) is 7.84. The van der Waals surface area contributed by atoms with Gasteiger partial charge in [0, 0.05) is 23.2 Å². The summed E-state index contributed by atoms with van der Waals surface area (Å²) >= 11 is 0. The summed E-state index contributed by atoms with van der Waals surface area (Å²) < 4.78 is 19.3. The van der Waals surface area contributed by atoms with Gasteiger partial charge in [-0.15, -0.1) is 0 Å². The van der Waals surface area contributed by atoms with Crippen LogP contribution in [0.1, 0.15) is 65.2 Å². The van der Waals surface area contributed by atoms with Crippen molar-refractivity contribution in [3.05, 3.63) is 64.7 Å². The smallest absolute Gasteiger partial charge is 0.340 e. The standard InChI is InChI=1S/C23H25FN2O2/c1-14-9-17-12-21(26-22(17)25-13-14)19(10-15-5-3-4-6-15)16-7-8-18(20(24)11-16)23(27)28-2/h7-9,11-13,15,19H,3-6,10H2,1-2H3,(H,25,26). The largest absolute Gasteiger partial charge is 0.465 e. The van der Waals surface area contributed by atoms with Gasteiger partial charge in [0.2, 0.25) is 0 Å². The van der Waals surface area contributed by atoms with Gasteiger partial charge in [-0.3, -0.25) is 0 Å². The highest BCUT2D eigenvalue weighted by Crippen LogP contribution is 2.38. The average molecular weight is 380 g/mol. The normalized spacial score (nSPS) is 15.8. The Hall–Kier alpha value is -2.69. The van der Waals surface area contributed by atoms with Gasteiger partial charge >= 0.3 is 5.97 Å². The number of nitrogens with one attached hydrogen (secondary N) is 1. The van der Waals surface area contributed by atoms with E-state index in [1.807, 2.05) is 19.2 Å². The SMILES string of the molecule is COC(=O)c1ccc(C(CC2CCCC2)c2cc3cc(C)cnc3[nH]2)cc1F. The van der Waals surface area contributed by atoms with Gasteiger partial charge in [0.05, 0.1) is 12.7 Å². The third-order valence-corrected chi connectivity index (χ3v) is 5.85. The number of ether oxygens (including phenoxy) is 1. The van der Waals surface area contributed by atoms with Crippen LogP contribution in [-0.4, -0.2) is 23.0 Å². The van der Waals surface area contributed by atoms with Crippen molar-refractivity contribution in [3.8, 4) is 0 Å². The molecule has 1 saturated carbocycles. The van der Waals surface area contributed by atoms with Crippen LogP contribution >= 0.6 is 0 Å². The molecule has 28 heavy (non-hydrogen) atoms. The minimum atomic E-state index is -0.651. The number of halogens is 1. The lowest BCUT2D eigenvalue weighted by atomic mass is 9.85. The van der Waals surface area contributed by atoms with Gasteiger partial charge in [-0.25, -0.2) is 14.2 Å². The van der Waals surface area contributed by atoms with E-state index < -0.39 is 11.8 Å². The number of carbonyl (C=O) groups is 1. The number of benzene rings is 1. The number of nitrogens with zero attached hydrogens (tertiary/aromatic N) is 1. The number of H-pyrrole nitrogens is 1. The number of rotatable bonds is 5. The predicted octanol–water partition coefficient (Wildman–Crippen LogP) is 5.51. The van der Waals surface area contributed by atoms with Crippen LogP contribution in [0.25, 0.3) is 11.0 Å². The molecule has 0 bridgehead atoms. The van der Waals surface area contributed by atoms with E-state index in [9.17, 15) is 9.18 Å². The van der Waals surface area contributed by atoms with Crippen molar-refractivity contribution in [2.45, 2.75) is 44.9 Å². The topological polar surface area (TPSA) is 55.0 Å². The number of pyridine rings is 1. The van der Waals surface area contributed by atoms with Crippen molar-refractivity contribution < 1.29 is 13.9 Å². The van der Waals surface area contributed by atoms with Crippen LogP contribution in [0.3, 0.4) is 0 Å². The van der Waals surface area contributed by atoms with E-state index in [0.717, 1.165) is 34.3 Å². The van der Waals surface area contributed by atoms with Gasteiger partial charge < -0.3 is 9.72 Å². The summed E-state index contributed by atoms with van der Waals surface area (Å²) in [5.41, 5.74) is 3.85. The molecular formula is C23H25FN2O2. The molecule has 2 aromatic heterocycles. The second-order valence-electron chi connectivity index (χ2n) is 7.84. The molecule has 1 aliphatic carbocycles. The molecule has 1 unspecified atom stereocenters. The van der Waals surface area contributed by atoms with Crippen molar-refractivity contribution in [1.82, 2.24) is 9.97 Å². The number of aromatic amines is 1. The third-order valence-electron chi connectivity index (χ3n) is 5.85. The Morgan fingerprint density at radius 2 is 2.07 bits per heavy atom. The number of carbonyl (C=O) groups excluding carboxylic acids is 1. The third kappa shape index (κ3) is 3.66. The highest BCUT2D eigenvalue weighted by atomic mass is 19.1. The molecule has 1 aromatic carbocycles. The molecule has 0 aliphatic heterocycles. The van der Waals surface area contributed by atoms with Crippen LogP contribution in [0.4, 0.5) is 4.39 Å². The second kappa shape index (κ2) is 7.74. The van der Waals surface area contributed by atoms with Crippen LogP contribution in [0, 0.1) is 18.7 Å². The number of aromatic nitrogens is 2. The summed E-state index contributed by atoms with van der Waals surface area (Å²) in [5, 5.41) is 1.07. The molecule has 146 valence electrons. The molecule has 1 atom stereocenters. The molecule has 0 spiro atoms. The minimum Gasteiger partial charge on any atom is -0.465 e. The fourth-order valence-corrected chi connectivity index (χ4v) is 4.38. The van der Waals surface area contributed by atoms with Crippen molar-refractivity contribution >= 4 is 17.0 Å². The van der Waals surface area contributed by atoms with E-state index >= 15 is 0 Å². The molecule has 4 nitrogen and oxygen atoms in total. The van der Waals surface area contributed by atoms with Gasteiger partial charge in [-0.2, -0.15) is 0 Å². The first-order valence-corrected chi connectivity index (χ1v) is 9.88. The van der Waals surface area contributed by atoms with Crippen LogP contribution < -0.4 is 0 Å². The van der Waals surface area contributed by atoms with E-state index in [-0.39, 0.29) is 11.5 Å². The van der Waals surface area contributed by atoms with Gasteiger partial charge in [-0.1, -0.05) is 31.7 Å². The number of aryl methyl sites for hydroxylation is 1. The number of methoxy groups -OCH3 is 1. The monoisotopic (exact) mass is 380 g/mol. The fraction of sp³-hybridized carbons (Fsp3) is 0.391. The number of fused-ring (bicyclic) bond motifs is 1. The first kappa shape index (κ1) is 18.7. The van der Waals surface area contributed by atoms with E-state index in [1.165, 1.54) is 44.9 Å². The van der Waals surface area contributed by atoms with E-state index in [1.54, 1.807) is 0 Å². The molecular weight excluding hydrogens is 355 g/mol. The van der Waals surface area contributed by atoms with Crippen LogP contribution in [0.15, 0.2) is 36.5 Å². The highest BCUT2D eigenvalue weighted by molar-refractivity contribution is 5.89. The maximum atomic E-state index is 14.6.